The summed E-state index contributed by atoms with van der Waals surface area (Å²) < 4.78 is 0. The molecule has 1 aliphatic heterocycles. The van der Waals surface area contributed by atoms with Crippen molar-refractivity contribution in [3.8, 4) is 0 Å². The van der Waals surface area contributed by atoms with Crippen LogP contribution in [0.1, 0.15) is 56.3 Å². The first-order chi connectivity index (χ1) is 9.32. The number of nitrogens with zero attached hydrogens (tertiary/aromatic N) is 1. The van der Waals surface area contributed by atoms with Crippen molar-refractivity contribution < 1.29 is 0 Å². The molecule has 1 saturated heterocycles. The summed E-state index contributed by atoms with van der Waals surface area (Å²) in [6, 6.07) is 7.08. The van der Waals surface area contributed by atoms with E-state index < -0.39 is 0 Å². The highest BCUT2D eigenvalue weighted by molar-refractivity contribution is 5.40. The van der Waals surface area contributed by atoms with Gasteiger partial charge in [0.2, 0.25) is 0 Å². The number of rotatable bonds is 0. The average molecular weight is 272 g/mol. The van der Waals surface area contributed by atoms with Gasteiger partial charge in [0, 0.05) is 11.6 Å². The fraction of sp³-hybridized carbons (Fsp3) is 0.667. The monoisotopic (exact) mass is 272 g/mol. The number of piperidine rings is 1. The van der Waals surface area contributed by atoms with Crippen molar-refractivity contribution in [2.45, 2.75) is 58.5 Å². The third-order valence-corrected chi connectivity index (χ3v) is 5.55. The minimum Gasteiger partial charge on any atom is -0.323 e. The normalized spacial score (nSPS) is 25.9. The van der Waals surface area contributed by atoms with Crippen LogP contribution in [0.25, 0.3) is 0 Å². The minimum absolute atomic E-state index is 0.236. The lowest BCUT2D eigenvalue weighted by Crippen LogP contribution is -2.50. The molecule has 0 bridgehead atoms. The first-order valence-electron chi connectivity index (χ1n) is 7.92. The molecule has 0 unspecified atom stereocenters. The third kappa shape index (κ3) is 2.19. The van der Waals surface area contributed by atoms with Crippen LogP contribution in [0.5, 0.6) is 0 Å². The number of hydrogen-bond donors (Lipinski definition) is 1. The predicted octanol–water partition coefficient (Wildman–Crippen LogP) is 3.43. The zero-order chi connectivity index (χ0) is 14.5. The Morgan fingerprint density at radius 2 is 1.85 bits per heavy atom. The molecular formula is C18H28N2. The molecule has 0 amide bonds. The van der Waals surface area contributed by atoms with Crippen molar-refractivity contribution in [2.75, 3.05) is 13.1 Å². The summed E-state index contributed by atoms with van der Waals surface area (Å²) in [5.41, 5.74) is 11.5. The lowest BCUT2D eigenvalue weighted by atomic mass is 9.72. The van der Waals surface area contributed by atoms with Gasteiger partial charge in [0.05, 0.1) is 0 Å². The summed E-state index contributed by atoms with van der Waals surface area (Å²) >= 11 is 0. The molecule has 2 heteroatoms. The lowest BCUT2D eigenvalue weighted by Gasteiger charge is -2.47. The van der Waals surface area contributed by atoms with Crippen LogP contribution in [0.15, 0.2) is 18.2 Å². The van der Waals surface area contributed by atoms with Gasteiger partial charge < -0.3 is 5.73 Å². The second-order valence-electron chi connectivity index (χ2n) is 7.88. The van der Waals surface area contributed by atoms with Gasteiger partial charge in [-0.25, -0.2) is 0 Å². The fourth-order valence-corrected chi connectivity index (χ4v) is 4.09. The second-order valence-corrected chi connectivity index (χ2v) is 7.88. The van der Waals surface area contributed by atoms with Gasteiger partial charge in [0.1, 0.15) is 0 Å². The Morgan fingerprint density at radius 3 is 2.45 bits per heavy atom. The van der Waals surface area contributed by atoms with Crippen LogP contribution in [0, 0.1) is 12.3 Å². The molecule has 1 atom stereocenters. The van der Waals surface area contributed by atoms with Gasteiger partial charge in [0.15, 0.2) is 0 Å². The second kappa shape index (κ2) is 4.57. The number of nitrogens with two attached hydrogens (primary N) is 1. The maximum absolute atomic E-state index is 6.66. The SMILES string of the molecule is Cc1ccc2c(c1)[C@@H](N)C1(CCN(C(C)(C)C)CC1)C2. The minimum atomic E-state index is 0.236. The number of hydrogen-bond acceptors (Lipinski definition) is 2. The maximum Gasteiger partial charge on any atom is 0.0359 e. The van der Waals surface area contributed by atoms with Crippen LogP contribution in [0.4, 0.5) is 0 Å². The van der Waals surface area contributed by atoms with Gasteiger partial charge in [-0.05, 0) is 76.6 Å². The molecule has 1 heterocycles. The van der Waals surface area contributed by atoms with Gasteiger partial charge >= 0.3 is 0 Å². The van der Waals surface area contributed by atoms with E-state index in [-0.39, 0.29) is 11.6 Å². The molecule has 2 nitrogen and oxygen atoms in total. The van der Waals surface area contributed by atoms with E-state index in [1.54, 1.807) is 0 Å². The quantitative estimate of drug-likeness (QED) is 0.784. The van der Waals surface area contributed by atoms with Crippen molar-refractivity contribution in [1.29, 1.82) is 0 Å². The Balaban J connectivity index is 1.81. The summed E-state index contributed by atoms with van der Waals surface area (Å²) in [5, 5.41) is 0. The summed E-state index contributed by atoms with van der Waals surface area (Å²) in [6.07, 6.45) is 3.65. The first-order valence-corrected chi connectivity index (χ1v) is 7.92. The maximum atomic E-state index is 6.66. The van der Waals surface area contributed by atoms with Crippen LogP contribution in [-0.2, 0) is 6.42 Å². The highest BCUT2D eigenvalue weighted by Gasteiger charge is 2.46. The Kier molecular flexibility index (Phi) is 3.22. The largest absolute Gasteiger partial charge is 0.323 e. The van der Waals surface area contributed by atoms with Gasteiger partial charge in [-0.3, -0.25) is 4.90 Å². The molecule has 0 radical (unpaired) electrons. The highest BCUT2D eigenvalue weighted by Crippen LogP contribution is 2.51. The van der Waals surface area contributed by atoms with Crippen LogP contribution in [0.2, 0.25) is 0 Å². The van der Waals surface area contributed by atoms with Crippen LogP contribution >= 0.6 is 0 Å². The molecular weight excluding hydrogens is 244 g/mol. The molecule has 0 aromatic heterocycles. The number of fused-ring (bicyclic) bond motifs is 1. The molecule has 0 saturated carbocycles. The topological polar surface area (TPSA) is 29.3 Å². The van der Waals surface area contributed by atoms with E-state index >= 15 is 0 Å². The molecule has 2 N–H and O–H groups in total. The number of likely N-dealkylation sites (tertiary alicyclic amines) is 1. The van der Waals surface area contributed by atoms with Crippen LogP contribution in [-0.4, -0.2) is 23.5 Å². The van der Waals surface area contributed by atoms with Crippen molar-refractivity contribution >= 4 is 0 Å². The van der Waals surface area contributed by atoms with Gasteiger partial charge in [-0.2, -0.15) is 0 Å². The van der Waals surface area contributed by atoms with E-state index in [9.17, 15) is 0 Å². The summed E-state index contributed by atoms with van der Waals surface area (Å²) in [7, 11) is 0. The number of aryl methyl sites for hydroxylation is 1. The third-order valence-electron chi connectivity index (χ3n) is 5.55. The number of benzene rings is 1. The highest BCUT2D eigenvalue weighted by atomic mass is 15.2. The van der Waals surface area contributed by atoms with Crippen molar-refractivity contribution in [2.24, 2.45) is 11.1 Å². The molecule has 3 rings (SSSR count). The Hall–Kier alpha value is -0.860. The standard InChI is InChI=1S/C18H28N2/c1-13-5-6-14-12-18(16(19)15(14)11-13)7-9-20(10-8-18)17(2,3)4/h5-6,11,16H,7-10,12,19H2,1-4H3/t16-/m1/s1. The molecule has 2 aliphatic rings. The Labute approximate surface area is 123 Å². The van der Waals surface area contributed by atoms with Gasteiger partial charge in [-0.15, -0.1) is 0 Å². The van der Waals surface area contributed by atoms with Crippen LogP contribution in [0.3, 0.4) is 0 Å². The molecule has 20 heavy (non-hydrogen) atoms. The Morgan fingerprint density at radius 1 is 1.20 bits per heavy atom. The zero-order valence-electron chi connectivity index (χ0n) is 13.4. The van der Waals surface area contributed by atoms with Gasteiger partial charge in [0.25, 0.3) is 0 Å². The molecule has 1 aliphatic carbocycles. The zero-order valence-corrected chi connectivity index (χ0v) is 13.4. The van der Waals surface area contributed by atoms with E-state index in [1.807, 2.05) is 0 Å². The molecule has 1 aromatic carbocycles. The smallest absolute Gasteiger partial charge is 0.0359 e. The summed E-state index contributed by atoms with van der Waals surface area (Å²) in [5.74, 6) is 0. The molecule has 1 fully saturated rings. The lowest BCUT2D eigenvalue weighted by molar-refractivity contribution is 0.0345. The molecule has 110 valence electrons. The van der Waals surface area contributed by atoms with E-state index in [1.165, 1.54) is 49.0 Å². The van der Waals surface area contributed by atoms with Gasteiger partial charge in [-0.1, -0.05) is 23.8 Å². The molecule has 1 spiro atoms. The first kappa shape index (κ1) is 14.1. The summed E-state index contributed by atoms with van der Waals surface area (Å²) in [6.45, 7) is 11.5. The van der Waals surface area contributed by atoms with Crippen molar-refractivity contribution in [1.82, 2.24) is 4.90 Å². The van der Waals surface area contributed by atoms with E-state index in [0.717, 1.165) is 0 Å². The van der Waals surface area contributed by atoms with E-state index in [2.05, 4.69) is 50.8 Å². The van der Waals surface area contributed by atoms with E-state index in [4.69, 9.17) is 5.73 Å². The van der Waals surface area contributed by atoms with Crippen molar-refractivity contribution in [3.05, 3.63) is 34.9 Å². The van der Waals surface area contributed by atoms with E-state index in [0.29, 0.717) is 5.41 Å². The Bertz CT molecular complexity index is 505. The summed E-state index contributed by atoms with van der Waals surface area (Å²) in [4.78, 5) is 2.61. The van der Waals surface area contributed by atoms with Crippen molar-refractivity contribution in [3.63, 3.8) is 0 Å². The fourth-order valence-electron chi connectivity index (χ4n) is 4.09. The van der Waals surface area contributed by atoms with Crippen LogP contribution < -0.4 is 5.73 Å². The average Bonchev–Trinajstić information content (AvgIpc) is 2.63. The molecule has 1 aromatic rings. The predicted molar refractivity (Wildman–Crippen MR) is 84.8 cm³/mol.